The van der Waals surface area contributed by atoms with E-state index in [9.17, 15) is 9.59 Å². The number of rotatable bonds is 8. The van der Waals surface area contributed by atoms with Crippen LogP contribution >= 0.6 is 23.2 Å². The molecule has 3 aromatic rings. The molecule has 36 heavy (non-hydrogen) atoms. The van der Waals surface area contributed by atoms with Crippen molar-refractivity contribution < 1.29 is 23.8 Å². The Morgan fingerprint density at radius 1 is 1.00 bits per heavy atom. The van der Waals surface area contributed by atoms with Crippen LogP contribution in [0.4, 0.5) is 4.79 Å². The Kier molecular flexibility index (Phi) is 8.03. The van der Waals surface area contributed by atoms with Gasteiger partial charge in [-0.05, 0) is 42.3 Å². The first-order valence-corrected chi connectivity index (χ1v) is 12.0. The van der Waals surface area contributed by atoms with Gasteiger partial charge in [-0.1, -0.05) is 65.7 Å². The Morgan fingerprint density at radius 2 is 1.78 bits per heavy atom. The number of carbonyl (C=O) groups excluding carboxylic acids is 2. The number of amides is 2. The van der Waals surface area contributed by atoms with Crippen molar-refractivity contribution in [3.8, 4) is 11.5 Å². The summed E-state index contributed by atoms with van der Waals surface area (Å²) in [6.07, 6.45) is 0. The van der Waals surface area contributed by atoms with Gasteiger partial charge >= 0.3 is 12.0 Å². The number of nitrogens with one attached hydrogen (secondary N) is 2. The quantitative estimate of drug-likeness (QED) is 0.356. The first-order valence-electron chi connectivity index (χ1n) is 11.2. The number of esters is 1. The van der Waals surface area contributed by atoms with E-state index in [1.165, 1.54) is 7.11 Å². The summed E-state index contributed by atoms with van der Waals surface area (Å²) in [5, 5.41) is 6.62. The Hall–Kier alpha value is -3.68. The molecule has 0 bridgehead atoms. The number of benzene rings is 3. The lowest BCUT2D eigenvalue weighted by atomic mass is 9.92. The van der Waals surface area contributed by atoms with Gasteiger partial charge in [-0.15, -0.1) is 0 Å². The van der Waals surface area contributed by atoms with Crippen LogP contribution < -0.4 is 20.1 Å². The van der Waals surface area contributed by atoms with E-state index in [2.05, 4.69) is 10.6 Å². The number of hydrogen-bond donors (Lipinski definition) is 2. The third-order valence-electron chi connectivity index (χ3n) is 5.55. The van der Waals surface area contributed by atoms with E-state index < -0.39 is 18.0 Å². The van der Waals surface area contributed by atoms with Gasteiger partial charge in [0.05, 0.1) is 31.0 Å². The Balaban J connectivity index is 1.70. The zero-order valence-corrected chi connectivity index (χ0v) is 21.2. The smallest absolute Gasteiger partial charge is 0.338 e. The van der Waals surface area contributed by atoms with E-state index >= 15 is 0 Å². The zero-order valence-electron chi connectivity index (χ0n) is 19.6. The molecule has 7 nitrogen and oxygen atoms in total. The maximum atomic E-state index is 13.1. The zero-order chi connectivity index (χ0) is 25.7. The Bertz CT molecular complexity index is 1310. The highest BCUT2D eigenvalue weighted by atomic mass is 35.5. The number of methoxy groups -OCH3 is 1. The number of hydrogen-bond acceptors (Lipinski definition) is 5. The summed E-state index contributed by atoms with van der Waals surface area (Å²) in [5.74, 6) is 0.359. The van der Waals surface area contributed by atoms with Gasteiger partial charge in [-0.3, -0.25) is 0 Å². The summed E-state index contributed by atoms with van der Waals surface area (Å²) < 4.78 is 16.8. The van der Waals surface area contributed by atoms with Gasteiger partial charge < -0.3 is 24.8 Å². The van der Waals surface area contributed by atoms with Crippen molar-refractivity contribution in [2.75, 3.05) is 13.7 Å². The van der Waals surface area contributed by atoms with Crippen LogP contribution in [0, 0.1) is 0 Å². The van der Waals surface area contributed by atoms with Crippen LogP contribution in [0.3, 0.4) is 0 Å². The SMILES string of the molecule is CCOC(=O)C1=C(c2ccccc2)NC(=O)N[C@@H]1c1ccc(OCc2ccc(Cl)cc2Cl)c(OC)c1. The Labute approximate surface area is 219 Å². The maximum Gasteiger partial charge on any atom is 0.338 e. The topological polar surface area (TPSA) is 85.9 Å². The molecule has 2 amide bonds. The fourth-order valence-corrected chi connectivity index (χ4v) is 4.32. The molecular weight excluding hydrogens is 503 g/mol. The average Bonchev–Trinajstić information content (AvgIpc) is 2.88. The van der Waals surface area contributed by atoms with Gasteiger partial charge in [-0.2, -0.15) is 0 Å². The second-order valence-corrected chi connectivity index (χ2v) is 8.68. The largest absolute Gasteiger partial charge is 0.493 e. The summed E-state index contributed by atoms with van der Waals surface area (Å²) in [6, 6.07) is 18.3. The average molecular weight is 527 g/mol. The number of ether oxygens (including phenoxy) is 3. The standard InChI is InChI=1S/C27H24Cl2N2O5/c1-3-35-26(32)23-24(16-7-5-4-6-8-16)30-27(33)31-25(23)17-10-12-21(22(13-17)34-2)36-15-18-9-11-19(28)14-20(18)29/h4-14,25H,3,15H2,1-2H3,(H2,30,31,33)/t25-/m1/s1. The molecule has 0 saturated carbocycles. The molecule has 0 fully saturated rings. The minimum Gasteiger partial charge on any atom is -0.493 e. The van der Waals surface area contributed by atoms with E-state index in [4.69, 9.17) is 37.4 Å². The Morgan fingerprint density at radius 3 is 2.47 bits per heavy atom. The molecule has 186 valence electrons. The van der Waals surface area contributed by atoms with Crippen LogP contribution in [0.1, 0.15) is 29.7 Å². The predicted molar refractivity (Wildman–Crippen MR) is 138 cm³/mol. The lowest BCUT2D eigenvalue weighted by molar-refractivity contribution is -0.138. The molecule has 1 heterocycles. The number of carbonyl (C=O) groups is 2. The van der Waals surface area contributed by atoms with Crippen LogP contribution in [-0.4, -0.2) is 25.7 Å². The summed E-state index contributed by atoms with van der Waals surface area (Å²) >= 11 is 12.2. The summed E-state index contributed by atoms with van der Waals surface area (Å²) in [7, 11) is 1.51. The molecule has 0 unspecified atom stereocenters. The fraction of sp³-hybridized carbons (Fsp3) is 0.185. The van der Waals surface area contributed by atoms with E-state index in [1.54, 1.807) is 43.3 Å². The van der Waals surface area contributed by atoms with Crippen molar-refractivity contribution in [2.45, 2.75) is 19.6 Å². The predicted octanol–water partition coefficient (Wildman–Crippen LogP) is 5.91. The molecule has 2 N–H and O–H groups in total. The highest BCUT2D eigenvalue weighted by Crippen LogP contribution is 2.37. The van der Waals surface area contributed by atoms with Gasteiger partial charge in [0.15, 0.2) is 11.5 Å². The molecular formula is C27H24Cl2N2O5. The van der Waals surface area contributed by atoms with Crippen LogP contribution in [0.5, 0.6) is 11.5 Å². The second-order valence-electron chi connectivity index (χ2n) is 7.84. The molecule has 3 aromatic carbocycles. The van der Waals surface area contributed by atoms with Crippen molar-refractivity contribution in [1.29, 1.82) is 0 Å². The van der Waals surface area contributed by atoms with Crippen molar-refractivity contribution in [3.05, 3.63) is 99.0 Å². The first kappa shape index (κ1) is 25.4. The third kappa shape index (κ3) is 5.58. The lowest BCUT2D eigenvalue weighted by Gasteiger charge is -2.30. The fourth-order valence-electron chi connectivity index (χ4n) is 3.85. The van der Waals surface area contributed by atoms with Crippen molar-refractivity contribution in [2.24, 2.45) is 0 Å². The van der Waals surface area contributed by atoms with Gasteiger partial charge in [0.25, 0.3) is 0 Å². The highest BCUT2D eigenvalue weighted by molar-refractivity contribution is 6.35. The molecule has 0 spiro atoms. The third-order valence-corrected chi connectivity index (χ3v) is 6.14. The van der Waals surface area contributed by atoms with Crippen molar-refractivity contribution in [3.63, 3.8) is 0 Å². The van der Waals surface area contributed by atoms with Crippen LogP contribution in [0.25, 0.3) is 5.70 Å². The highest BCUT2D eigenvalue weighted by Gasteiger charge is 2.34. The molecule has 0 radical (unpaired) electrons. The van der Waals surface area contributed by atoms with E-state index in [-0.39, 0.29) is 18.8 Å². The van der Waals surface area contributed by atoms with Crippen molar-refractivity contribution in [1.82, 2.24) is 10.6 Å². The van der Waals surface area contributed by atoms with Crippen molar-refractivity contribution >= 4 is 40.9 Å². The van der Waals surface area contributed by atoms with E-state index in [0.29, 0.717) is 38.4 Å². The molecule has 9 heteroatoms. The second kappa shape index (κ2) is 11.4. The number of urea groups is 1. The molecule has 1 aliphatic heterocycles. The van der Waals surface area contributed by atoms with Gasteiger partial charge in [0.2, 0.25) is 0 Å². The molecule has 1 atom stereocenters. The van der Waals surface area contributed by atoms with E-state index in [1.807, 2.05) is 30.3 Å². The van der Waals surface area contributed by atoms with Crippen LogP contribution in [0.15, 0.2) is 72.3 Å². The van der Waals surface area contributed by atoms with Gasteiger partial charge in [-0.25, -0.2) is 9.59 Å². The molecule has 0 aromatic heterocycles. The summed E-state index contributed by atoms with van der Waals surface area (Å²) in [5.41, 5.74) is 2.74. The van der Waals surface area contributed by atoms with Gasteiger partial charge in [0.1, 0.15) is 6.61 Å². The minimum atomic E-state index is -0.776. The monoisotopic (exact) mass is 526 g/mol. The minimum absolute atomic E-state index is 0.189. The maximum absolute atomic E-state index is 13.1. The molecule has 4 rings (SSSR count). The van der Waals surface area contributed by atoms with Crippen LogP contribution in [0.2, 0.25) is 10.0 Å². The first-order chi connectivity index (χ1) is 17.4. The summed E-state index contributed by atoms with van der Waals surface area (Å²) in [6.45, 7) is 2.11. The van der Waals surface area contributed by atoms with Gasteiger partial charge in [0, 0.05) is 15.6 Å². The summed E-state index contributed by atoms with van der Waals surface area (Å²) in [4.78, 5) is 25.7. The van der Waals surface area contributed by atoms with Crippen LogP contribution in [-0.2, 0) is 16.1 Å². The molecule has 0 saturated heterocycles. The molecule has 0 aliphatic carbocycles. The van der Waals surface area contributed by atoms with E-state index in [0.717, 1.165) is 5.56 Å². The lowest BCUT2D eigenvalue weighted by Crippen LogP contribution is -2.45. The normalized spacial score (nSPS) is 15.1. The number of halogens is 2. The molecule has 1 aliphatic rings.